The van der Waals surface area contributed by atoms with Crippen molar-refractivity contribution in [1.82, 2.24) is 0 Å². The fraction of sp³-hybridized carbons (Fsp3) is 0.321. The van der Waals surface area contributed by atoms with Crippen LogP contribution in [0.15, 0.2) is 59.6 Å². The average molecular weight is 574 g/mol. The lowest BCUT2D eigenvalue weighted by Gasteiger charge is -2.31. The molecule has 0 radical (unpaired) electrons. The monoisotopic (exact) mass is 573 g/mol. The zero-order chi connectivity index (χ0) is 28.9. The number of carbonyl (C=O) groups is 4. The Morgan fingerprint density at radius 3 is 2.31 bits per heavy atom. The summed E-state index contributed by atoms with van der Waals surface area (Å²) >= 11 is 12.5. The third-order valence-corrected chi connectivity index (χ3v) is 6.42. The fourth-order valence-electron chi connectivity index (χ4n) is 4.16. The molecular formula is C28H29Cl2N3O6. The number of hydrogen-bond acceptors (Lipinski definition) is 7. The van der Waals surface area contributed by atoms with E-state index >= 15 is 0 Å². The van der Waals surface area contributed by atoms with Gasteiger partial charge in [-0.25, -0.2) is 4.79 Å². The van der Waals surface area contributed by atoms with Gasteiger partial charge in [0, 0.05) is 21.5 Å². The van der Waals surface area contributed by atoms with Gasteiger partial charge < -0.3 is 15.2 Å². The molecule has 0 saturated carbocycles. The third kappa shape index (κ3) is 7.04. The Morgan fingerprint density at radius 1 is 1.08 bits per heavy atom. The number of hydrogen-bond donors (Lipinski definition) is 1. The molecule has 11 heteroatoms. The topological polar surface area (TPSA) is 128 Å². The number of rotatable bonds is 9. The van der Waals surface area contributed by atoms with Crippen LogP contribution < -0.4 is 15.4 Å². The second-order valence-corrected chi connectivity index (χ2v) is 10.7. The first-order valence-electron chi connectivity index (χ1n) is 12.0. The number of anilines is 1. The minimum Gasteiger partial charge on any atom is -0.487 e. The first-order chi connectivity index (χ1) is 18.3. The number of methoxy groups -OCH3 is 1. The second-order valence-electron chi connectivity index (χ2n) is 9.78. The number of nitrogens with zero attached hydrogens (tertiary/aromatic N) is 2. The molecule has 2 aromatic rings. The minimum absolute atomic E-state index is 0.0235. The highest BCUT2D eigenvalue weighted by molar-refractivity contribution is 6.51. The molecule has 1 fully saturated rings. The third-order valence-electron chi connectivity index (χ3n) is 5.94. The summed E-state index contributed by atoms with van der Waals surface area (Å²) in [4.78, 5) is 56.5. The lowest BCUT2D eigenvalue weighted by Crippen LogP contribution is -2.36. The van der Waals surface area contributed by atoms with Gasteiger partial charge in [-0.3, -0.25) is 24.3 Å². The van der Waals surface area contributed by atoms with E-state index in [4.69, 9.17) is 33.7 Å². The van der Waals surface area contributed by atoms with Crippen LogP contribution in [0.4, 0.5) is 5.69 Å². The molecule has 206 valence electrons. The van der Waals surface area contributed by atoms with Crippen LogP contribution in [-0.2, 0) is 23.9 Å². The molecule has 2 amide bonds. The van der Waals surface area contributed by atoms with Crippen molar-refractivity contribution in [3.63, 3.8) is 0 Å². The maximum atomic E-state index is 14.0. The molecule has 0 aliphatic carbocycles. The summed E-state index contributed by atoms with van der Waals surface area (Å²) in [6.45, 7) is 4.75. The second kappa shape index (κ2) is 12.4. The lowest BCUT2D eigenvalue weighted by molar-refractivity contribution is -0.135. The smallest absolute Gasteiger partial charge is 0.330 e. The van der Waals surface area contributed by atoms with Crippen molar-refractivity contribution >= 4 is 58.2 Å². The van der Waals surface area contributed by atoms with Gasteiger partial charge >= 0.3 is 5.97 Å². The molecule has 9 nitrogen and oxygen atoms in total. The summed E-state index contributed by atoms with van der Waals surface area (Å²) in [5.41, 5.74) is 5.26. The first-order valence-corrected chi connectivity index (χ1v) is 12.7. The molecule has 0 bridgehead atoms. The lowest BCUT2D eigenvalue weighted by atomic mass is 9.77. The van der Waals surface area contributed by atoms with Crippen LogP contribution in [0.1, 0.15) is 32.4 Å². The van der Waals surface area contributed by atoms with Gasteiger partial charge in [-0.05, 0) is 42.0 Å². The van der Waals surface area contributed by atoms with Crippen molar-refractivity contribution in [3.05, 3.63) is 70.2 Å². The molecule has 2 atom stereocenters. The highest BCUT2D eigenvalue weighted by Gasteiger charge is 2.53. The van der Waals surface area contributed by atoms with Crippen LogP contribution in [-0.4, -0.2) is 49.5 Å². The van der Waals surface area contributed by atoms with Crippen molar-refractivity contribution in [2.45, 2.75) is 26.8 Å². The molecular weight excluding hydrogens is 545 g/mol. The Labute approximate surface area is 236 Å². The van der Waals surface area contributed by atoms with Crippen LogP contribution in [0, 0.1) is 11.3 Å². The van der Waals surface area contributed by atoms with E-state index in [2.05, 4.69) is 9.73 Å². The van der Waals surface area contributed by atoms with Crippen LogP contribution in [0.5, 0.6) is 5.75 Å². The maximum Gasteiger partial charge on any atom is 0.330 e. The van der Waals surface area contributed by atoms with Crippen molar-refractivity contribution < 1.29 is 28.7 Å². The number of nitrogens with two attached hydrogens (primary N) is 1. The minimum atomic E-state index is -1.04. The van der Waals surface area contributed by atoms with E-state index in [1.165, 1.54) is 30.2 Å². The van der Waals surface area contributed by atoms with Gasteiger partial charge in [-0.2, -0.15) is 0 Å². The summed E-state index contributed by atoms with van der Waals surface area (Å²) in [6.07, 6.45) is 2.66. The molecule has 0 aromatic heterocycles. The number of Topliss-reactive ketones (excluding diaryl/α,β-unsaturated/α-hetero) is 1. The van der Waals surface area contributed by atoms with E-state index in [0.29, 0.717) is 15.6 Å². The fourth-order valence-corrected chi connectivity index (χ4v) is 4.45. The van der Waals surface area contributed by atoms with E-state index in [1.807, 2.05) is 0 Å². The molecule has 3 rings (SSSR count). The quantitative estimate of drug-likeness (QED) is 0.351. The van der Waals surface area contributed by atoms with Crippen molar-refractivity contribution in [2.24, 2.45) is 22.1 Å². The summed E-state index contributed by atoms with van der Waals surface area (Å²) in [6, 6.07) is 10.6. The van der Waals surface area contributed by atoms with Gasteiger partial charge in [0.1, 0.15) is 30.4 Å². The predicted molar refractivity (Wildman–Crippen MR) is 149 cm³/mol. The summed E-state index contributed by atoms with van der Waals surface area (Å²) in [7, 11) is 1.26. The van der Waals surface area contributed by atoms with Gasteiger partial charge in [0.05, 0.1) is 24.8 Å². The molecule has 39 heavy (non-hydrogen) atoms. The summed E-state index contributed by atoms with van der Waals surface area (Å²) in [5.74, 6) is -2.93. The number of esters is 1. The number of carbonyl (C=O) groups excluding carboxylic acids is 4. The number of ether oxygens (including phenoxy) is 2. The Balaban J connectivity index is 2.22. The normalized spacial score (nSPS) is 18.6. The van der Waals surface area contributed by atoms with Gasteiger partial charge in [0.15, 0.2) is 0 Å². The number of ketones is 1. The van der Waals surface area contributed by atoms with Gasteiger partial charge in [0.2, 0.25) is 5.91 Å². The molecule has 2 aromatic carbocycles. The molecule has 1 saturated heterocycles. The Kier molecular flexibility index (Phi) is 9.53. The van der Waals surface area contributed by atoms with Gasteiger partial charge in [0.25, 0.3) is 5.91 Å². The zero-order valence-electron chi connectivity index (χ0n) is 21.9. The first kappa shape index (κ1) is 29.9. The van der Waals surface area contributed by atoms with Gasteiger partial charge in [-0.15, -0.1) is 0 Å². The Hall–Kier alpha value is -3.69. The van der Waals surface area contributed by atoms with E-state index < -0.39 is 41.7 Å². The Bertz CT molecular complexity index is 1330. The van der Waals surface area contributed by atoms with Crippen LogP contribution >= 0.6 is 23.2 Å². The van der Waals surface area contributed by atoms with Crippen LogP contribution in [0.2, 0.25) is 10.0 Å². The highest BCUT2D eigenvalue weighted by Crippen LogP contribution is 2.46. The molecule has 0 spiro atoms. The molecule has 1 heterocycles. The predicted octanol–water partition coefficient (Wildman–Crippen LogP) is 4.35. The SMILES string of the molecule is COC(=O)C=CCOc1ccc(Cl)cc1N1C(=O)C(=NCC(N)=O)C(C(=O)C(C)(C)C)C1c1ccc(Cl)cc1. The zero-order valence-corrected chi connectivity index (χ0v) is 23.5. The number of halogens is 2. The average Bonchev–Trinajstić information content (AvgIpc) is 3.16. The van der Waals surface area contributed by atoms with E-state index in [9.17, 15) is 19.2 Å². The largest absolute Gasteiger partial charge is 0.487 e. The number of benzene rings is 2. The van der Waals surface area contributed by atoms with E-state index in [1.54, 1.807) is 57.2 Å². The number of amides is 2. The Morgan fingerprint density at radius 2 is 1.72 bits per heavy atom. The van der Waals surface area contributed by atoms with Gasteiger partial charge in [-0.1, -0.05) is 56.1 Å². The molecule has 2 unspecified atom stereocenters. The number of aliphatic imine (C=N–C) groups is 1. The van der Waals surface area contributed by atoms with Crippen LogP contribution in [0.25, 0.3) is 0 Å². The summed E-state index contributed by atoms with van der Waals surface area (Å²) < 4.78 is 10.5. The highest BCUT2D eigenvalue weighted by atomic mass is 35.5. The van der Waals surface area contributed by atoms with Crippen molar-refractivity contribution in [2.75, 3.05) is 25.2 Å². The molecule has 1 aliphatic rings. The van der Waals surface area contributed by atoms with Crippen molar-refractivity contribution in [3.8, 4) is 5.75 Å². The maximum absolute atomic E-state index is 14.0. The van der Waals surface area contributed by atoms with E-state index in [0.717, 1.165) is 0 Å². The van der Waals surface area contributed by atoms with Crippen LogP contribution in [0.3, 0.4) is 0 Å². The number of primary amides is 1. The van der Waals surface area contributed by atoms with Crippen molar-refractivity contribution in [1.29, 1.82) is 0 Å². The molecule has 1 aliphatic heterocycles. The standard InChI is InChI=1S/C28H29Cl2N3O6/c1-28(2,3)26(36)23-24(32-15-21(31)34)27(37)33(25(23)16-7-9-17(29)10-8-16)19-14-18(30)11-12-20(19)39-13-5-6-22(35)38-4/h5-12,14,23,25H,13,15H2,1-4H3,(H2,31,34). The van der Waals surface area contributed by atoms with E-state index in [-0.39, 0.29) is 29.5 Å². The summed E-state index contributed by atoms with van der Waals surface area (Å²) in [5, 5.41) is 0.784. The molecule has 2 N–H and O–H groups in total.